The molecule has 2 fully saturated rings. The van der Waals surface area contributed by atoms with Crippen LogP contribution in [-0.4, -0.2) is 36.3 Å². The molecule has 2 aliphatic heterocycles. The van der Waals surface area contributed by atoms with Crippen molar-refractivity contribution in [2.45, 2.75) is 70.3 Å². The lowest BCUT2D eigenvalue weighted by atomic mass is 9.70. The number of anilines is 2. The maximum atomic E-state index is 13.2. The summed E-state index contributed by atoms with van der Waals surface area (Å²) < 4.78 is 0. The number of fused-ring (bicyclic) bond motifs is 2. The number of piperidine rings is 1. The van der Waals surface area contributed by atoms with E-state index < -0.39 is 0 Å². The number of nitrogens with zero attached hydrogens (tertiary/aromatic N) is 2. The van der Waals surface area contributed by atoms with Crippen molar-refractivity contribution in [2.75, 3.05) is 29.9 Å². The van der Waals surface area contributed by atoms with Crippen LogP contribution in [0, 0.1) is 0 Å². The number of nitrogens with one attached hydrogen (secondary N) is 1. The summed E-state index contributed by atoms with van der Waals surface area (Å²) in [7, 11) is 0. The van der Waals surface area contributed by atoms with E-state index >= 15 is 0 Å². The van der Waals surface area contributed by atoms with Gasteiger partial charge in [-0.05, 0) is 80.2 Å². The van der Waals surface area contributed by atoms with Gasteiger partial charge < -0.3 is 10.2 Å². The summed E-state index contributed by atoms with van der Waals surface area (Å²) >= 11 is 0. The van der Waals surface area contributed by atoms with E-state index in [0.29, 0.717) is 5.56 Å². The third-order valence-electron chi connectivity index (χ3n) is 7.81. The molecule has 1 saturated carbocycles. The first-order valence-corrected chi connectivity index (χ1v) is 12.6. The highest BCUT2D eigenvalue weighted by Gasteiger charge is 2.44. The van der Waals surface area contributed by atoms with E-state index in [1.54, 1.807) is 6.92 Å². The van der Waals surface area contributed by atoms with E-state index in [9.17, 15) is 9.59 Å². The molecule has 0 atom stereocenters. The molecule has 5 heteroatoms. The summed E-state index contributed by atoms with van der Waals surface area (Å²) in [4.78, 5) is 29.9. The topological polar surface area (TPSA) is 52.7 Å². The monoisotopic (exact) mass is 445 g/mol. The van der Waals surface area contributed by atoms with Gasteiger partial charge in [0.25, 0.3) is 5.91 Å². The van der Waals surface area contributed by atoms with Crippen molar-refractivity contribution in [3.05, 3.63) is 59.2 Å². The molecule has 0 bridgehead atoms. The van der Waals surface area contributed by atoms with Crippen LogP contribution in [0.4, 0.5) is 11.4 Å². The van der Waals surface area contributed by atoms with Crippen LogP contribution in [0.2, 0.25) is 0 Å². The quantitative estimate of drug-likeness (QED) is 0.677. The zero-order chi connectivity index (χ0) is 22.8. The van der Waals surface area contributed by atoms with E-state index in [-0.39, 0.29) is 17.2 Å². The Morgan fingerprint density at radius 1 is 0.939 bits per heavy atom. The number of carbonyl (C=O) groups is 2. The number of rotatable bonds is 4. The Bertz CT molecular complexity index is 1040. The normalized spacial score (nSPS) is 20.0. The second-order valence-electron chi connectivity index (χ2n) is 10.2. The third-order valence-corrected chi connectivity index (χ3v) is 7.81. The summed E-state index contributed by atoms with van der Waals surface area (Å²) in [5.41, 5.74) is 4.93. The molecule has 1 saturated heterocycles. The Labute approximate surface area is 197 Å². The minimum atomic E-state index is -0.0832. The van der Waals surface area contributed by atoms with Crippen molar-refractivity contribution >= 4 is 23.2 Å². The number of benzene rings is 2. The molecule has 1 N–H and O–H groups in total. The Balaban J connectivity index is 1.35. The standard InChI is InChI=1S/C28H35N3O2/c1-21(32)31-20-28(13-4-2-5-14-28)25-18-23(11-12-26(25)31)27(33)29-24-10-8-9-22(17-24)19-30-15-6-3-7-16-30/h8-12,17-18H,2-7,13-16,19-20H2,1H3,(H,29,33). The molecule has 174 valence electrons. The van der Waals surface area contributed by atoms with Gasteiger partial charge in [0.2, 0.25) is 5.91 Å². The van der Waals surface area contributed by atoms with Crippen LogP contribution in [0.25, 0.3) is 0 Å². The predicted molar refractivity (Wildman–Crippen MR) is 133 cm³/mol. The van der Waals surface area contributed by atoms with Gasteiger partial charge in [-0.2, -0.15) is 0 Å². The van der Waals surface area contributed by atoms with E-state index in [1.165, 1.54) is 49.7 Å². The number of carbonyl (C=O) groups excluding carboxylic acids is 2. The van der Waals surface area contributed by atoms with Crippen LogP contribution in [0.1, 0.15) is 79.8 Å². The number of hydrogen-bond donors (Lipinski definition) is 1. The van der Waals surface area contributed by atoms with Gasteiger partial charge in [0.1, 0.15) is 0 Å². The largest absolute Gasteiger partial charge is 0.322 e. The van der Waals surface area contributed by atoms with Crippen LogP contribution >= 0.6 is 0 Å². The van der Waals surface area contributed by atoms with Crippen LogP contribution in [0.15, 0.2) is 42.5 Å². The highest BCUT2D eigenvalue weighted by atomic mass is 16.2. The fraction of sp³-hybridized carbons (Fsp3) is 0.500. The Morgan fingerprint density at radius 3 is 2.45 bits per heavy atom. The zero-order valence-corrected chi connectivity index (χ0v) is 19.7. The first-order chi connectivity index (χ1) is 16.0. The molecule has 0 aromatic heterocycles. The van der Waals surface area contributed by atoms with Gasteiger partial charge in [0, 0.05) is 42.4 Å². The molecule has 2 heterocycles. The van der Waals surface area contributed by atoms with E-state index in [1.807, 2.05) is 29.2 Å². The van der Waals surface area contributed by atoms with Gasteiger partial charge in [-0.3, -0.25) is 14.5 Å². The van der Waals surface area contributed by atoms with Gasteiger partial charge in [-0.15, -0.1) is 0 Å². The Hall–Kier alpha value is -2.66. The number of likely N-dealkylation sites (tertiary alicyclic amines) is 1. The second-order valence-corrected chi connectivity index (χ2v) is 10.2. The van der Waals surface area contributed by atoms with Gasteiger partial charge in [-0.25, -0.2) is 0 Å². The lowest BCUT2D eigenvalue weighted by Gasteiger charge is -2.34. The third kappa shape index (κ3) is 4.56. The molecule has 3 aliphatic rings. The molecule has 33 heavy (non-hydrogen) atoms. The highest BCUT2D eigenvalue weighted by Crippen LogP contribution is 2.49. The van der Waals surface area contributed by atoms with Crippen LogP contribution in [0.5, 0.6) is 0 Å². The van der Waals surface area contributed by atoms with Crippen molar-refractivity contribution < 1.29 is 9.59 Å². The molecule has 1 spiro atoms. The first kappa shape index (κ1) is 22.1. The van der Waals surface area contributed by atoms with Crippen molar-refractivity contribution in [3.63, 3.8) is 0 Å². The highest BCUT2D eigenvalue weighted by molar-refractivity contribution is 6.05. The first-order valence-electron chi connectivity index (χ1n) is 12.6. The average molecular weight is 446 g/mol. The van der Waals surface area contributed by atoms with Crippen molar-refractivity contribution in [1.29, 1.82) is 0 Å². The molecular weight excluding hydrogens is 410 g/mol. The lowest BCUT2D eigenvalue weighted by molar-refractivity contribution is -0.116. The van der Waals surface area contributed by atoms with E-state index in [4.69, 9.17) is 0 Å². The summed E-state index contributed by atoms with van der Waals surface area (Å²) in [5.74, 6) is 0.00146. The molecule has 2 aromatic carbocycles. The molecule has 0 radical (unpaired) electrons. The number of hydrogen-bond acceptors (Lipinski definition) is 3. The molecular formula is C28H35N3O2. The molecule has 5 nitrogen and oxygen atoms in total. The van der Waals surface area contributed by atoms with Crippen LogP contribution in [0.3, 0.4) is 0 Å². The van der Waals surface area contributed by atoms with Crippen molar-refractivity contribution in [2.24, 2.45) is 0 Å². The van der Waals surface area contributed by atoms with Gasteiger partial charge in [0.15, 0.2) is 0 Å². The maximum absolute atomic E-state index is 13.2. The van der Waals surface area contributed by atoms with E-state index in [0.717, 1.165) is 50.4 Å². The summed E-state index contributed by atoms with van der Waals surface area (Å²) in [6, 6.07) is 14.1. The minimum absolute atomic E-state index is 0.00387. The van der Waals surface area contributed by atoms with Gasteiger partial charge in [0.05, 0.1) is 0 Å². The summed E-state index contributed by atoms with van der Waals surface area (Å²) in [6.45, 7) is 5.64. The molecule has 5 rings (SSSR count). The Kier molecular flexibility index (Phi) is 6.24. The summed E-state index contributed by atoms with van der Waals surface area (Å²) in [6.07, 6.45) is 9.69. The van der Waals surface area contributed by atoms with Crippen LogP contribution < -0.4 is 10.2 Å². The average Bonchev–Trinajstić information content (AvgIpc) is 3.14. The maximum Gasteiger partial charge on any atom is 0.255 e. The van der Waals surface area contributed by atoms with Gasteiger partial charge in [-0.1, -0.05) is 37.8 Å². The molecule has 1 aliphatic carbocycles. The van der Waals surface area contributed by atoms with Crippen molar-refractivity contribution in [1.82, 2.24) is 4.90 Å². The molecule has 0 unspecified atom stereocenters. The SMILES string of the molecule is CC(=O)N1CC2(CCCCC2)c2cc(C(=O)Nc3cccc(CN4CCCCC4)c3)ccc21. The second kappa shape index (κ2) is 9.30. The minimum Gasteiger partial charge on any atom is -0.322 e. The fourth-order valence-corrected chi connectivity index (χ4v) is 6.07. The van der Waals surface area contributed by atoms with Gasteiger partial charge >= 0.3 is 0 Å². The molecule has 2 amide bonds. The molecule has 2 aromatic rings. The predicted octanol–water partition coefficient (Wildman–Crippen LogP) is 5.49. The van der Waals surface area contributed by atoms with Crippen LogP contribution in [-0.2, 0) is 16.8 Å². The van der Waals surface area contributed by atoms with E-state index in [2.05, 4.69) is 28.4 Å². The zero-order valence-electron chi connectivity index (χ0n) is 19.7. The summed E-state index contributed by atoms with van der Waals surface area (Å²) in [5, 5.41) is 3.11. The fourth-order valence-electron chi connectivity index (χ4n) is 6.07. The smallest absolute Gasteiger partial charge is 0.255 e. The van der Waals surface area contributed by atoms with Crippen molar-refractivity contribution in [3.8, 4) is 0 Å². The number of amides is 2. The lowest BCUT2D eigenvalue weighted by Crippen LogP contribution is -2.37. The Morgan fingerprint density at radius 2 is 1.70 bits per heavy atom.